The van der Waals surface area contributed by atoms with Crippen molar-refractivity contribution in [1.82, 2.24) is 0 Å². The average molecular weight is 319 g/mol. The van der Waals surface area contributed by atoms with Crippen LogP contribution in [-0.4, -0.2) is 35.0 Å². The molecule has 0 rings (SSSR count). The van der Waals surface area contributed by atoms with Gasteiger partial charge in [-0.25, -0.2) is 0 Å². The van der Waals surface area contributed by atoms with Gasteiger partial charge in [0, 0.05) is 16.5 Å². The Morgan fingerprint density at radius 3 is 1.32 bits per heavy atom. The molecule has 0 saturated carbocycles. The minimum atomic E-state index is -0.315. The van der Waals surface area contributed by atoms with Gasteiger partial charge in [0.15, 0.2) is 11.6 Å². The van der Waals surface area contributed by atoms with Crippen LogP contribution in [0.15, 0.2) is 24.0 Å². The maximum absolute atomic E-state index is 10.2. The van der Waals surface area contributed by atoms with Crippen LogP contribution in [0.3, 0.4) is 0 Å². The number of hydrogen-bond donors (Lipinski definition) is 2. The monoisotopic (exact) mass is 318 g/mol. The number of ether oxygens (including phenoxy) is 2. The summed E-state index contributed by atoms with van der Waals surface area (Å²) in [4.78, 5) is 20.4. The van der Waals surface area contributed by atoms with E-state index in [2.05, 4.69) is 9.47 Å². The van der Waals surface area contributed by atoms with E-state index in [1.54, 1.807) is 13.8 Å². The second kappa shape index (κ2) is 14.6. The maximum atomic E-state index is 10.2. The van der Waals surface area contributed by atoms with Crippen LogP contribution in [0.1, 0.15) is 27.7 Å². The van der Waals surface area contributed by atoms with E-state index < -0.39 is 0 Å². The number of allylic oxidation sites excluding steroid dienone is 2. The molecule has 6 nitrogen and oxygen atoms in total. The molecule has 0 saturated heterocycles. The summed E-state index contributed by atoms with van der Waals surface area (Å²) in [6, 6.07) is 0. The summed E-state index contributed by atoms with van der Waals surface area (Å²) in [7, 11) is 0. The normalized spacial score (nSPS) is 10.5. The molecule has 0 spiro atoms. The third-order valence-corrected chi connectivity index (χ3v) is 1.24. The Balaban J connectivity index is -0.000000256. The Labute approximate surface area is 123 Å². The third kappa shape index (κ3) is 22.2. The molecule has 0 heterocycles. The Morgan fingerprint density at radius 1 is 0.895 bits per heavy atom. The molecule has 0 aliphatic carbocycles. The predicted molar refractivity (Wildman–Crippen MR) is 66.0 cm³/mol. The van der Waals surface area contributed by atoms with Gasteiger partial charge in [-0.1, -0.05) is 0 Å². The largest absolute Gasteiger partial charge is 0.481 e. The van der Waals surface area contributed by atoms with E-state index in [4.69, 9.17) is 10.2 Å². The number of ketones is 2. The van der Waals surface area contributed by atoms with Crippen molar-refractivity contribution in [3.8, 4) is 0 Å². The standard InChI is InChI=1S/2C6H10O3.Ni/c2*1-3-9-6(8)4-5(2)7;/h2*4,8H,3H2,1-2H3;/b2*6-4+;. The third-order valence-electron chi connectivity index (χ3n) is 1.24. The van der Waals surface area contributed by atoms with Crippen molar-refractivity contribution < 1.29 is 45.8 Å². The molecule has 7 heteroatoms. The van der Waals surface area contributed by atoms with Crippen LogP contribution in [-0.2, 0) is 35.6 Å². The van der Waals surface area contributed by atoms with Gasteiger partial charge in [0.2, 0.25) is 0 Å². The van der Waals surface area contributed by atoms with Crippen LogP contribution < -0.4 is 0 Å². The van der Waals surface area contributed by atoms with Gasteiger partial charge in [0.05, 0.1) is 25.4 Å². The quantitative estimate of drug-likeness (QED) is 0.442. The smallest absolute Gasteiger partial charge is 0.280 e. The molecule has 0 aromatic carbocycles. The van der Waals surface area contributed by atoms with Crippen molar-refractivity contribution in [2.45, 2.75) is 27.7 Å². The van der Waals surface area contributed by atoms with Crippen molar-refractivity contribution in [3.63, 3.8) is 0 Å². The SMILES string of the molecule is CCO/C(O)=C/C(C)=O.CCO/C(O)=C/C(C)=O.[Ni]. The fourth-order valence-electron chi connectivity index (χ4n) is 0.727. The molecule has 0 radical (unpaired) electrons. The first-order chi connectivity index (χ1) is 8.33. The molecule has 0 aliphatic heterocycles. The van der Waals surface area contributed by atoms with Gasteiger partial charge in [0.1, 0.15) is 0 Å². The Kier molecular flexibility index (Phi) is 17.4. The van der Waals surface area contributed by atoms with E-state index in [1.807, 2.05) is 0 Å². The van der Waals surface area contributed by atoms with E-state index in [0.29, 0.717) is 13.2 Å². The Bertz CT molecular complexity index is 290. The average Bonchev–Trinajstić information content (AvgIpc) is 2.16. The molecule has 0 aromatic rings. The van der Waals surface area contributed by atoms with E-state index in [1.165, 1.54) is 13.8 Å². The number of aliphatic hydroxyl groups is 2. The second-order valence-electron chi connectivity index (χ2n) is 3.05. The van der Waals surface area contributed by atoms with Gasteiger partial charge in [0.25, 0.3) is 11.9 Å². The van der Waals surface area contributed by atoms with Crippen LogP contribution in [0.25, 0.3) is 0 Å². The van der Waals surface area contributed by atoms with Crippen molar-refractivity contribution in [3.05, 3.63) is 24.0 Å². The van der Waals surface area contributed by atoms with Crippen molar-refractivity contribution >= 4 is 11.6 Å². The van der Waals surface area contributed by atoms with E-state index >= 15 is 0 Å². The topological polar surface area (TPSA) is 93.1 Å². The zero-order chi connectivity index (χ0) is 14.6. The Hall–Kier alpha value is -1.49. The zero-order valence-corrected chi connectivity index (χ0v) is 12.4. The molecule has 0 aliphatic rings. The summed E-state index contributed by atoms with van der Waals surface area (Å²) in [5.74, 6) is -1.07. The van der Waals surface area contributed by atoms with Crippen LogP contribution in [0.2, 0.25) is 0 Å². The number of carbonyl (C=O) groups is 2. The zero-order valence-electron chi connectivity index (χ0n) is 11.4. The molecular weight excluding hydrogens is 299 g/mol. The van der Waals surface area contributed by atoms with Crippen LogP contribution >= 0.6 is 0 Å². The number of carbonyl (C=O) groups excluding carboxylic acids is 2. The van der Waals surface area contributed by atoms with Gasteiger partial charge in [-0.15, -0.1) is 0 Å². The molecule has 0 amide bonds. The van der Waals surface area contributed by atoms with Crippen LogP contribution in [0.4, 0.5) is 0 Å². The molecule has 0 bridgehead atoms. The summed E-state index contributed by atoms with van der Waals surface area (Å²) >= 11 is 0. The van der Waals surface area contributed by atoms with E-state index in [9.17, 15) is 9.59 Å². The molecule has 0 aromatic heterocycles. The fourth-order valence-corrected chi connectivity index (χ4v) is 0.727. The van der Waals surface area contributed by atoms with Gasteiger partial charge >= 0.3 is 0 Å². The first-order valence-electron chi connectivity index (χ1n) is 5.41. The summed E-state index contributed by atoms with van der Waals surface area (Å²) in [5.41, 5.74) is 0. The minimum Gasteiger partial charge on any atom is -0.481 e. The van der Waals surface area contributed by atoms with Gasteiger partial charge in [-0.3, -0.25) is 9.59 Å². The molecule has 19 heavy (non-hydrogen) atoms. The first-order valence-corrected chi connectivity index (χ1v) is 5.41. The molecule has 0 unspecified atom stereocenters. The maximum Gasteiger partial charge on any atom is 0.280 e. The number of rotatable bonds is 6. The number of aliphatic hydroxyl groups excluding tert-OH is 2. The molecule has 0 fully saturated rings. The second-order valence-corrected chi connectivity index (χ2v) is 3.05. The van der Waals surface area contributed by atoms with E-state index in [-0.39, 0.29) is 39.9 Å². The number of hydrogen-bond acceptors (Lipinski definition) is 6. The molecule has 114 valence electrons. The fraction of sp³-hybridized carbons (Fsp3) is 0.500. The molecule has 0 atom stereocenters. The van der Waals surface area contributed by atoms with E-state index in [0.717, 1.165) is 12.2 Å². The summed E-state index contributed by atoms with van der Waals surface area (Å²) in [5, 5.41) is 17.3. The molecule has 2 N–H and O–H groups in total. The summed E-state index contributed by atoms with van der Waals surface area (Å²) in [6.07, 6.45) is 2.06. The van der Waals surface area contributed by atoms with Crippen molar-refractivity contribution in [2.24, 2.45) is 0 Å². The summed E-state index contributed by atoms with van der Waals surface area (Å²) < 4.78 is 9.10. The van der Waals surface area contributed by atoms with Crippen molar-refractivity contribution in [2.75, 3.05) is 13.2 Å². The molecular formula is C12H20NiO6. The predicted octanol–water partition coefficient (Wildman–Crippen LogP) is 2.02. The summed E-state index contributed by atoms with van der Waals surface area (Å²) in [6.45, 7) is 6.88. The van der Waals surface area contributed by atoms with Crippen LogP contribution in [0, 0.1) is 0 Å². The van der Waals surface area contributed by atoms with Gasteiger partial charge in [-0.2, -0.15) is 0 Å². The van der Waals surface area contributed by atoms with Gasteiger partial charge < -0.3 is 19.7 Å². The van der Waals surface area contributed by atoms with Crippen molar-refractivity contribution in [1.29, 1.82) is 0 Å². The Morgan fingerprint density at radius 2 is 1.16 bits per heavy atom. The minimum absolute atomic E-state index is 0. The van der Waals surface area contributed by atoms with Gasteiger partial charge in [-0.05, 0) is 27.7 Å². The van der Waals surface area contributed by atoms with Crippen LogP contribution in [0.5, 0.6) is 0 Å². The first kappa shape index (κ1) is 22.7.